The maximum atomic E-state index is 12.2. The van der Waals surface area contributed by atoms with E-state index in [0.717, 1.165) is 5.69 Å². The van der Waals surface area contributed by atoms with Crippen LogP contribution in [-0.4, -0.2) is 11.1 Å². The van der Waals surface area contributed by atoms with Crippen LogP contribution in [0.4, 0.5) is 5.69 Å². The summed E-state index contributed by atoms with van der Waals surface area (Å²) in [6.45, 7) is 0. The highest BCUT2D eigenvalue weighted by atomic mass is 35.5. The number of nitrogens with one attached hydrogen (secondary N) is 1. The average Bonchev–Trinajstić information content (AvgIpc) is 3.25. The summed E-state index contributed by atoms with van der Waals surface area (Å²) in [7, 11) is 0. The van der Waals surface area contributed by atoms with E-state index >= 15 is 0 Å². The second-order valence-corrected chi connectivity index (χ2v) is 7.44. The first-order chi connectivity index (χ1) is 13.1. The number of halogens is 2. The van der Waals surface area contributed by atoms with Crippen molar-refractivity contribution in [3.8, 4) is 11.3 Å². The number of rotatable bonds is 3. The van der Waals surface area contributed by atoms with E-state index in [0.29, 0.717) is 37.2 Å². The normalized spacial score (nSPS) is 16.9. The minimum atomic E-state index is -0.214. The first-order valence-corrected chi connectivity index (χ1v) is 9.56. The van der Waals surface area contributed by atoms with Gasteiger partial charge in [-0.15, -0.1) is 0 Å². The number of amidine groups is 1. The third-order valence-corrected chi connectivity index (χ3v) is 5.48. The molecule has 4 nitrogen and oxygen atoms in total. The number of hydrogen-bond donors (Lipinski definition) is 1. The topological polar surface area (TPSA) is 54.6 Å². The minimum absolute atomic E-state index is 0.214. The van der Waals surface area contributed by atoms with Crippen molar-refractivity contribution in [2.24, 2.45) is 4.99 Å². The predicted octanol–water partition coefficient (Wildman–Crippen LogP) is 6.15. The zero-order chi connectivity index (χ0) is 18.8. The number of benzene rings is 2. The van der Waals surface area contributed by atoms with Gasteiger partial charge in [0.05, 0.1) is 20.6 Å². The number of aliphatic imine (C=N–C) groups is 1. The van der Waals surface area contributed by atoms with Gasteiger partial charge in [-0.05, 0) is 48.2 Å². The quantitative estimate of drug-likeness (QED) is 0.523. The van der Waals surface area contributed by atoms with Crippen molar-refractivity contribution in [2.45, 2.75) is 0 Å². The van der Waals surface area contributed by atoms with E-state index in [4.69, 9.17) is 27.6 Å². The number of carbonyl (C=O) groups excluding carboxylic acids is 1. The summed E-state index contributed by atoms with van der Waals surface area (Å²) < 4.78 is 5.82. The summed E-state index contributed by atoms with van der Waals surface area (Å²) in [5.74, 6) is 0.906. The van der Waals surface area contributed by atoms with Gasteiger partial charge in [0, 0.05) is 11.6 Å². The molecule has 0 radical (unpaired) electrons. The Morgan fingerprint density at radius 3 is 2.63 bits per heavy atom. The average molecular weight is 415 g/mol. The molecule has 1 N–H and O–H groups in total. The maximum Gasteiger partial charge on any atom is 0.264 e. The third-order valence-electron chi connectivity index (χ3n) is 3.75. The SMILES string of the molecule is O=C1NC(=Nc2ccccc2)S/C1=C/c1ccc(-c2cccc(Cl)c2Cl)o1. The fourth-order valence-corrected chi connectivity index (χ4v) is 3.71. The largest absolute Gasteiger partial charge is 0.457 e. The number of para-hydroxylation sites is 1. The van der Waals surface area contributed by atoms with Gasteiger partial charge in [0.1, 0.15) is 11.5 Å². The number of nitrogens with zero attached hydrogens (tertiary/aromatic N) is 1. The van der Waals surface area contributed by atoms with E-state index in [1.165, 1.54) is 11.8 Å². The highest BCUT2D eigenvalue weighted by Crippen LogP contribution is 2.35. The molecule has 0 bridgehead atoms. The van der Waals surface area contributed by atoms with Crippen molar-refractivity contribution in [3.05, 3.63) is 81.4 Å². The van der Waals surface area contributed by atoms with Crippen LogP contribution in [0, 0.1) is 0 Å². The maximum absolute atomic E-state index is 12.2. The molecule has 27 heavy (non-hydrogen) atoms. The van der Waals surface area contributed by atoms with Crippen LogP contribution in [0.3, 0.4) is 0 Å². The molecule has 1 aliphatic heterocycles. The van der Waals surface area contributed by atoms with Crippen molar-refractivity contribution in [1.29, 1.82) is 0 Å². The Kier molecular flexibility index (Phi) is 5.07. The lowest BCUT2D eigenvalue weighted by Crippen LogP contribution is -2.19. The molecule has 0 atom stereocenters. The van der Waals surface area contributed by atoms with E-state index in [2.05, 4.69) is 10.3 Å². The summed E-state index contributed by atoms with van der Waals surface area (Å²) in [6.07, 6.45) is 1.68. The Morgan fingerprint density at radius 1 is 1.00 bits per heavy atom. The zero-order valence-electron chi connectivity index (χ0n) is 13.8. The van der Waals surface area contributed by atoms with Crippen molar-refractivity contribution in [1.82, 2.24) is 5.32 Å². The van der Waals surface area contributed by atoms with Gasteiger partial charge >= 0.3 is 0 Å². The Balaban J connectivity index is 1.58. The number of amides is 1. The lowest BCUT2D eigenvalue weighted by molar-refractivity contribution is -0.115. The Labute approximate surface area is 169 Å². The van der Waals surface area contributed by atoms with Crippen molar-refractivity contribution < 1.29 is 9.21 Å². The monoisotopic (exact) mass is 414 g/mol. The molecule has 4 rings (SSSR count). The fourth-order valence-electron chi connectivity index (χ4n) is 2.50. The first-order valence-electron chi connectivity index (χ1n) is 7.99. The van der Waals surface area contributed by atoms with Gasteiger partial charge in [-0.25, -0.2) is 4.99 Å². The number of carbonyl (C=O) groups is 1. The van der Waals surface area contributed by atoms with E-state index in [9.17, 15) is 4.79 Å². The molecule has 1 saturated heterocycles. The molecule has 3 aromatic rings. The van der Waals surface area contributed by atoms with Gasteiger partial charge in [-0.3, -0.25) is 4.79 Å². The Hall–Kier alpha value is -2.47. The molecule has 0 aliphatic carbocycles. The summed E-state index contributed by atoms with van der Waals surface area (Å²) >= 11 is 13.6. The van der Waals surface area contributed by atoms with Gasteiger partial charge in [0.15, 0.2) is 5.17 Å². The lowest BCUT2D eigenvalue weighted by Gasteiger charge is -2.01. The summed E-state index contributed by atoms with van der Waals surface area (Å²) in [6, 6.07) is 18.3. The van der Waals surface area contributed by atoms with Crippen LogP contribution in [0.25, 0.3) is 17.4 Å². The van der Waals surface area contributed by atoms with Crippen LogP contribution >= 0.6 is 35.0 Å². The molecular formula is C20H12Cl2N2O2S. The van der Waals surface area contributed by atoms with E-state index in [1.807, 2.05) is 36.4 Å². The second-order valence-electron chi connectivity index (χ2n) is 5.62. The molecule has 0 saturated carbocycles. The van der Waals surface area contributed by atoms with Gasteiger partial charge in [0.25, 0.3) is 5.91 Å². The van der Waals surface area contributed by atoms with Crippen LogP contribution < -0.4 is 5.32 Å². The Bertz CT molecular complexity index is 1070. The molecular weight excluding hydrogens is 403 g/mol. The number of thioether (sulfide) groups is 1. The van der Waals surface area contributed by atoms with Gasteiger partial charge in [-0.2, -0.15) is 0 Å². The Morgan fingerprint density at radius 2 is 1.81 bits per heavy atom. The van der Waals surface area contributed by atoms with Gasteiger partial charge < -0.3 is 9.73 Å². The van der Waals surface area contributed by atoms with Crippen LogP contribution in [0.15, 0.2) is 75.0 Å². The number of hydrogen-bond acceptors (Lipinski definition) is 4. The molecule has 1 aromatic heterocycles. The molecule has 0 unspecified atom stereocenters. The first kappa shape index (κ1) is 17.9. The standard InChI is InChI=1S/C20H12Cl2N2O2S/c21-15-8-4-7-14(18(15)22)16-10-9-13(26-16)11-17-19(25)24-20(27-17)23-12-5-2-1-3-6-12/h1-11H,(H,23,24,25)/b17-11+. The minimum Gasteiger partial charge on any atom is -0.457 e. The van der Waals surface area contributed by atoms with Crippen LogP contribution in [0.1, 0.15) is 5.76 Å². The van der Waals surface area contributed by atoms with Crippen molar-refractivity contribution >= 4 is 57.8 Å². The van der Waals surface area contributed by atoms with Crippen LogP contribution in [0.2, 0.25) is 10.0 Å². The molecule has 2 heterocycles. The molecule has 1 aliphatic rings. The molecule has 134 valence electrons. The van der Waals surface area contributed by atoms with Gasteiger partial charge in [-0.1, -0.05) is 47.5 Å². The summed E-state index contributed by atoms with van der Waals surface area (Å²) in [5, 5.41) is 4.17. The molecule has 1 fully saturated rings. The summed E-state index contributed by atoms with van der Waals surface area (Å²) in [4.78, 5) is 17.1. The lowest BCUT2D eigenvalue weighted by atomic mass is 10.2. The van der Waals surface area contributed by atoms with Crippen molar-refractivity contribution in [3.63, 3.8) is 0 Å². The fraction of sp³-hybridized carbons (Fsp3) is 0. The summed E-state index contributed by atoms with van der Waals surface area (Å²) in [5.41, 5.74) is 1.47. The molecule has 7 heteroatoms. The number of furan rings is 1. The van der Waals surface area contributed by atoms with Crippen LogP contribution in [0.5, 0.6) is 0 Å². The molecule has 1 amide bonds. The zero-order valence-corrected chi connectivity index (χ0v) is 16.1. The third kappa shape index (κ3) is 3.95. The van der Waals surface area contributed by atoms with E-state index in [-0.39, 0.29) is 5.91 Å². The highest BCUT2D eigenvalue weighted by Gasteiger charge is 2.24. The van der Waals surface area contributed by atoms with Gasteiger partial charge in [0.2, 0.25) is 0 Å². The van der Waals surface area contributed by atoms with Crippen molar-refractivity contribution in [2.75, 3.05) is 0 Å². The highest BCUT2D eigenvalue weighted by molar-refractivity contribution is 8.18. The molecule has 0 spiro atoms. The second kappa shape index (κ2) is 7.64. The smallest absolute Gasteiger partial charge is 0.264 e. The van der Waals surface area contributed by atoms with Crippen LogP contribution in [-0.2, 0) is 4.79 Å². The van der Waals surface area contributed by atoms with E-state index < -0.39 is 0 Å². The van der Waals surface area contributed by atoms with E-state index in [1.54, 1.807) is 30.3 Å². The molecule has 2 aromatic carbocycles. The predicted molar refractivity (Wildman–Crippen MR) is 111 cm³/mol.